The number of rotatable bonds is 3. The summed E-state index contributed by atoms with van der Waals surface area (Å²) in [5.74, 6) is -0.899. The lowest BCUT2D eigenvalue weighted by Gasteiger charge is -2.09. The van der Waals surface area contributed by atoms with Gasteiger partial charge in [0.15, 0.2) is 0 Å². The number of aromatic amines is 1. The van der Waals surface area contributed by atoms with Crippen molar-refractivity contribution in [3.63, 3.8) is 0 Å². The Bertz CT molecular complexity index is 1060. The van der Waals surface area contributed by atoms with Crippen molar-refractivity contribution >= 4 is 17.0 Å². The quantitative estimate of drug-likeness (QED) is 0.594. The van der Waals surface area contributed by atoms with Gasteiger partial charge in [0.2, 0.25) is 5.95 Å². The van der Waals surface area contributed by atoms with Crippen LogP contribution in [0.3, 0.4) is 0 Å². The fourth-order valence-electron chi connectivity index (χ4n) is 2.55. The summed E-state index contributed by atoms with van der Waals surface area (Å²) in [6.07, 6.45) is 4.77. The zero-order valence-electron chi connectivity index (χ0n) is 12.7. The Morgan fingerprint density at radius 2 is 1.76 bits per heavy atom. The van der Waals surface area contributed by atoms with Gasteiger partial charge >= 0.3 is 0 Å². The van der Waals surface area contributed by atoms with Crippen LogP contribution in [0.5, 0.6) is 11.5 Å². The molecule has 4 aromatic rings. The van der Waals surface area contributed by atoms with Gasteiger partial charge in [-0.15, -0.1) is 0 Å². The number of H-pyrrole nitrogens is 1. The maximum absolute atomic E-state index is 13.4. The smallest absolute Gasteiger partial charge is 0.220 e. The van der Waals surface area contributed by atoms with Gasteiger partial charge in [-0.3, -0.25) is 0 Å². The summed E-state index contributed by atoms with van der Waals surface area (Å²) in [6.45, 7) is 0. The number of nitrogens with two attached hydrogens (primary N) is 1. The van der Waals surface area contributed by atoms with Crippen molar-refractivity contribution < 1.29 is 13.5 Å². The average molecular weight is 339 g/mol. The van der Waals surface area contributed by atoms with Crippen molar-refractivity contribution in [3.8, 4) is 22.8 Å². The average Bonchev–Trinajstić information content (AvgIpc) is 2.99. The highest BCUT2D eigenvalue weighted by Gasteiger charge is 2.15. The van der Waals surface area contributed by atoms with Crippen molar-refractivity contribution in [1.82, 2.24) is 19.9 Å². The Balaban J connectivity index is 1.85. The van der Waals surface area contributed by atoms with Gasteiger partial charge in [0.1, 0.15) is 28.8 Å². The number of hydrogen-bond acceptors (Lipinski definition) is 5. The summed E-state index contributed by atoms with van der Waals surface area (Å²) in [6, 6.07) is 6.28. The van der Waals surface area contributed by atoms with E-state index in [4.69, 9.17) is 10.5 Å². The van der Waals surface area contributed by atoms with E-state index in [1.165, 1.54) is 12.4 Å². The zero-order chi connectivity index (χ0) is 17.4. The van der Waals surface area contributed by atoms with Crippen molar-refractivity contribution in [2.75, 3.05) is 5.73 Å². The molecule has 0 fully saturated rings. The number of pyridine rings is 1. The van der Waals surface area contributed by atoms with Gasteiger partial charge in [0, 0.05) is 42.4 Å². The third-order valence-corrected chi connectivity index (χ3v) is 3.55. The van der Waals surface area contributed by atoms with Crippen LogP contribution < -0.4 is 10.5 Å². The Hall–Kier alpha value is -3.55. The highest BCUT2D eigenvalue weighted by molar-refractivity contribution is 5.97. The molecule has 0 atom stereocenters. The second-order valence-electron chi connectivity index (χ2n) is 5.24. The molecule has 1 aromatic carbocycles. The number of aromatic nitrogens is 4. The first-order chi connectivity index (χ1) is 12.1. The first-order valence-electron chi connectivity index (χ1n) is 7.29. The predicted molar refractivity (Wildman–Crippen MR) is 88.0 cm³/mol. The molecule has 0 amide bonds. The maximum atomic E-state index is 13.4. The summed E-state index contributed by atoms with van der Waals surface area (Å²) in [5.41, 5.74) is 7.44. The van der Waals surface area contributed by atoms with Gasteiger partial charge in [-0.25, -0.2) is 23.7 Å². The number of halogens is 2. The molecule has 6 nitrogen and oxygen atoms in total. The van der Waals surface area contributed by atoms with Crippen LogP contribution in [0.1, 0.15) is 0 Å². The number of nitrogens with one attached hydrogen (secondary N) is 1. The Morgan fingerprint density at radius 1 is 1.00 bits per heavy atom. The topological polar surface area (TPSA) is 89.7 Å². The second-order valence-corrected chi connectivity index (χ2v) is 5.24. The first-order valence-corrected chi connectivity index (χ1v) is 7.29. The van der Waals surface area contributed by atoms with Crippen LogP contribution >= 0.6 is 0 Å². The molecule has 25 heavy (non-hydrogen) atoms. The minimum Gasteiger partial charge on any atom is -0.456 e. The molecule has 0 aliphatic carbocycles. The maximum Gasteiger partial charge on any atom is 0.220 e. The Kier molecular flexibility index (Phi) is 3.50. The number of nitrogen functional groups attached to an aromatic ring is 1. The minimum atomic E-state index is -0.724. The fourth-order valence-corrected chi connectivity index (χ4v) is 2.55. The van der Waals surface area contributed by atoms with E-state index in [1.807, 2.05) is 0 Å². The summed E-state index contributed by atoms with van der Waals surface area (Å²) in [4.78, 5) is 15.3. The lowest BCUT2D eigenvalue weighted by Crippen LogP contribution is -1.95. The Morgan fingerprint density at radius 3 is 2.52 bits per heavy atom. The van der Waals surface area contributed by atoms with Gasteiger partial charge in [-0.2, -0.15) is 0 Å². The number of benzene rings is 1. The number of fused-ring (bicyclic) bond motifs is 1. The number of hydrogen-bond donors (Lipinski definition) is 2. The zero-order valence-corrected chi connectivity index (χ0v) is 12.7. The van der Waals surface area contributed by atoms with Crippen molar-refractivity contribution in [2.24, 2.45) is 0 Å². The van der Waals surface area contributed by atoms with Crippen LogP contribution in [0, 0.1) is 11.6 Å². The molecule has 124 valence electrons. The van der Waals surface area contributed by atoms with Crippen LogP contribution in [0.2, 0.25) is 0 Å². The third-order valence-electron chi connectivity index (χ3n) is 3.55. The number of anilines is 1. The molecule has 3 N–H and O–H groups in total. The molecule has 3 aromatic heterocycles. The summed E-state index contributed by atoms with van der Waals surface area (Å²) < 4.78 is 32.5. The molecule has 0 aliphatic heterocycles. The lowest BCUT2D eigenvalue weighted by molar-refractivity contribution is 0.473. The van der Waals surface area contributed by atoms with Gasteiger partial charge in [0.05, 0.1) is 11.1 Å². The monoisotopic (exact) mass is 339 g/mol. The van der Waals surface area contributed by atoms with Crippen LogP contribution in [0.25, 0.3) is 22.3 Å². The van der Waals surface area contributed by atoms with Crippen molar-refractivity contribution in [1.29, 1.82) is 0 Å². The fraction of sp³-hybridized carbons (Fsp3) is 0. The molecule has 0 saturated heterocycles. The van der Waals surface area contributed by atoms with Gasteiger partial charge in [0.25, 0.3) is 0 Å². The van der Waals surface area contributed by atoms with E-state index in [0.717, 1.165) is 18.2 Å². The largest absolute Gasteiger partial charge is 0.456 e. The highest BCUT2D eigenvalue weighted by atomic mass is 19.1. The lowest BCUT2D eigenvalue weighted by atomic mass is 10.1. The van der Waals surface area contributed by atoms with E-state index in [0.29, 0.717) is 28.0 Å². The van der Waals surface area contributed by atoms with Crippen LogP contribution in [0.15, 0.2) is 48.9 Å². The molecule has 3 heterocycles. The standard InChI is InChI=1S/C17H11F2N5O/c18-9-5-10(19)7-11(6-9)25-14-2-4-21-16-15(14)12(8-23-16)13-1-3-22-17(20)24-13/h1-8H,(H,21,23)(H2,20,22,24). The first kappa shape index (κ1) is 15.0. The van der Waals surface area contributed by atoms with Crippen LogP contribution in [-0.4, -0.2) is 19.9 Å². The Labute approximate surface area is 140 Å². The van der Waals surface area contributed by atoms with Gasteiger partial charge in [-0.05, 0) is 12.1 Å². The molecular weight excluding hydrogens is 328 g/mol. The summed E-state index contributed by atoms with van der Waals surface area (Å²) >= 11 is 0. The van der Waals surface area contributed by atoms with E-state index in [-0.39, 0.29) is 11.7 Å². The van der Waals surface area contributed by atoms with Crippen molar-refractivity contribution in [2.45, 2.75) is 0 Å². The molecule has 0 unspecified atom stereocenters. The highest BCUT2D eigenvalue weighted by Crippen LogP contribution is 2.36. The molecule has 0 aliphatic rings. The molecule has 0 radical (unpaired) electrons. The van der Waals surface area contributed by atoms with Gasteiger partial charge in [-0.1, -0.05) is 0 Å². The second kappa shape index (κ2) is 5.82. The van der Waals surface area contributed by atoms with Crippen molar-refractivity contribution in [3.05, 3.63) is 60.6 Å². The molecule has 0 saturated carbocycles. The SMILES string of the molecule is Nc1nccc(-c2c[nH]c3nccc(Oc4cc(F)cc(F)c4)c23)n1. The summed E-state index contributed by atoms with van der Waals surface area (Å²) in [7, 11) is 0. The van der Waals surface area contributed by atoms with E-state index in [2.05, 4.69) is 19.9 Å². The van der Waals surface area contributed by atoms with Crippen LogP contribution in [0.4, 0.5) is 14.7 Å². The van der Waals surface area contributed by atoms with E-state index >= 15 is 0 Å². The molecular formula is C17H11F2N5O. The summed E-state index contributed by atoms with van der Waals surface area (Å²) in [5, 5.41) is 0.616. The third kappa shape index (κ3) is 2.85. The molecule has 8 heteroatoms. The normalized spacial score (nSPS) is 11.0. The van der Waals surface area contributed by atoms with E-state index in [9.17, 15) is 8.78 Å². The molecule has 0 bridgehead atoms. The predicted octanol–water partition coefficient (Wildman–Crippen LogP) is 3.67. The van der Waals surface area contributed by atoms with E-state index < -0.39 is 11.6 Å². The van der Waals surface area contributed by atoms with E-state index in [1.54, 1.807) is 18.3 Å². The van der Waals surface area contributed by atoms with Crippen LogP contribution in [-0.2, 0) is 0 Å². The number of ether oxygens (including phenoxy) is 1. The molecule has 4 rings (SSSR count). The molecule has 0 spiro atoms. The minimum absolute atomic E-state index is 0.0411. The number of nitrogens with zero attached hydrogens (tertiary/aromatic N) is 3. The van der Waals surface area contributed by atoms with Gasteiger partial charge < -0.3 is 15.5 Å².